The number of methoxy groups -OCH3 is 2. The first-order valence-corrected chi connectivity index (χ1v) is 9.44. The fourth-order valence-electron chi connectivity index (χ4n) is 2.00. The lowest BCUT2D eigenvalue weighted by molar-refractivity contribution is -0.118. The second-order valence-corrected chi connectivity index (χ2v) is 6.83. The van der Waals surface area contributed by atoms with E-state index in [-0.39, 0.29) is 5.91 Å². The summed E-state index contributed by atoms with van der Waals surface area (Å²) >= 11 is 5.03. The SMILES string of the molecule is COc1ccc(/C=N\NC(=O)CSCc2ccccc2Br)c(OC)c1. The summed E-state index contributed by atoms with van der Waals surface area (Å²) in [5, 5.41) is 3.98. The predicted molar refractivity (Wildman–Crippen MR) is 106 cm³/mol. The molecular weight excluding hydrogens is 404 g/mol. The van der Waals surface area contributed by atoms with Crippen LogP contribution >= 0.6 is 27.7 Å². The molecule has 0 aliphatic carbocycles. The van der Waals surface area contributed by atoms with E-state index in [4.69, 9.17) is 9.47 Å². The lowest BCUT2D eigenvalue weighted by Crippen LogP contribution is -2.19. The van der Waals surface area contributed by atoms with E-state index in [0.717, 1.165) is 21.4 Å². The molecule has 2 aromatic rings. The van der Waals surface area contributed by atoms with Crippen molar-refractivity contribution in [1.82, 2.24) is 5.43 Å². The third-order valence-corrected chi connectivity index (χ3v) is 5.04. The normalized spacial score (nSPS) is 10.7. The van der Waals surface area contributed by atoms with Gasteiger partial charge >= 0.3 is 0 Å². The van der Waals surface area contributed by atoms with Crippen molar-refractivity contribution in [2.24, 2.45) is 5.10 Å². The van der Waals surface area contributed by atoms with Gasteiger partial charge in [0.05, 0.1) is 26.2 Å². The van der Waals surface area contributed by atoms with E-state index in [1.165, 1.54) is 11.8 Å². The number of carbonyl (C=O) groups is 1. The monoisotopic (exact) mass is 422 g/mol. The molecule has 7 heteroatoms. The molecule has 0 saturated carbocycles. The van der Waals surface area contributed by atoms with Crippen LogP contribution in [-0.2, 0) is 10.5 Å². The van der Waals surface area contributed by atoms with Gasteiger partial charge in [-0.2, -0.15) is 5.10 Å². The number of halogens is 1. The van der Waals surface area contributed by atoms with Crippen molar-refractivity contribution in [1.29, 1.82) is 0 Å². The first kappa shape index (κ1) is 19.3. The van der Waals surface area contributed by atoms with Gasteiger partial charge in [-0.25, -0.2) is 5.43 Å². The lowest BCUT2D eigenvalue weighted by atomic mass is 10.2. The Labute approximate surface area is 159 Å². The smallest absolute Gasteiger partial charge is 0.250 e. The van der Waals surface area contributed by atoms with Gasteiger partial charge in [-0.15, -0.1) is 11.8 Å². The summed E-state index contributed by atoms with van der Waals surface area (Å²) in [7, 11) is 3.16. The molecule has 2 aromatic carbocycles. The molecule has 132 valence electrons. The van der Waals surface area contributed by atoms with E-state index in [1.807, 2.05) is 30.3 Å². The van der Waals surface area contributed by atoms with Crippen molar-refractivity contribution in [2.45, 2.75) is 5.75 Å². The zero-order chi connectivity index (χ0) is 18.1. The fraction of sp³-hybridized carbons (Fsp3) is 0.222. The minimum absolute atomic E-state index is 0.152. The minimum Gasteiger partial charge on any atom is -0.497 e. The molecule has 0 saturated heterocycles. The molecule has 0 bridgehead atoms. The number of hydrazone groups is 1. The van der Waals surface area contributed by atoms with Gasteiger partial charge in [-0.1, -0.05) is 34.1 Å². The van der Waals surface area contributed by atoms with Crippen molar-refractivity contribution >= 4 is 39.8 Å². The molecule has 2 rings (SSSR count). The molecule has 1 amide bonds. The van der Waals surface area contributed by atoms with Crippen LogP contribution in [0.4, 0.5) is 0 Å². The van der Waals surface area contributed by atoms with Crippen molar-refractivity contribution < 1.29 is 14.3 Å². The predicted octanol–water partition coefficient (Wildman–Crippen LogP) is 3.85. The topological polar surface area (TPSA) is 59.9 Å². The van der Waals surface area contributed by atoms with Gasteiger partial charge in [-0.05, 0) is 23.8 Å². The Morgan fingerprint density at radius 1 is 1.24 bits per heavy atom. The highest BCUT2D eigenvalue weighted by Gasteiger charge is 2.05. The van der Waals surface area contributed by atoms with Crippen LogP contribution in [0, 0.1) is 0 Å². The zero-order valence-electron chi connectivity index (χ0n) is 14.0. The van der Waals surface area contributed by atoms with Gasteiger partial charge in [-0.3, -0.25) is 4.79 Å². The van der Waals surface area contributed by atoms with Crippen LogP contribution in [0.3, 0.4) is 0 Å². The van der Waals surface area contributed by atoms with Crippen LogP contribution in [0.15, 0.2) is 52.0 Å². The summed E-state index contributed by atoms with van der Waals surface area (Å²) in [5.41, 5.74) is 4.44. The van der Waals surface area contributed by atoms with Crippen molar-refractivity contribution in [3.63, 3.8) is 0 Å². The number of hydrogen-bond acceptors (Lipinski definition) is 5. The number of carbonyl (C=O) groups excluding carboxylic acids is 1. The maximum absolute atomic E-state index is 11.9. The standard InChI is InChI=1S/C18H19BrN2O3S/c1-23-15-8-7-13(17(9-15)24-2)10-20-21-18(22)12-25-11-14-5-3-4-6-16(14)19/h3-10H,11-12H2,1-2H3,(H,21,22)/b20-10-. The van der Waals surface area contributed by atoms with Gasteiger partial charge in [0.1, 0.15) is 11.5 Å². The number of amides is 1. The average molecular weight is 423 g/mol. The van der Waals surface area contributed by atoms with Crippen LogP contribution < -0.4 is 14.9 Å². The van der Waals surface area contributed by atoms with E-state index < -0.39 is 0 Å². The summed E-state index contributed by atoms with van der Waals surface area (Å²) in [6.07, 6.45) is 1.55. The fourth-order valence-corrected chi connectivity index (χ4v) is 3.43. The molecule has 0 aliphatic heterocycles. The van der Waals surface area contributed by atoms with Gasteiger partial charge in [0, 0.05) is 21.9 Å². The Morgan fingerprint density at radius 3 is 2.76 bits per heavy atom. The Hall–Kier alpha value is -1.99. The van der Waals surface area contributed by atoms with Crippen LogP contribution in [-0.4, -0.2) is 32.1 Å². The van der Waals surface area contributed by atoms with Crippen LogP contribution in [0.25, 0.3) is 0 Å². The van der Waals surface area contributed by atoms with Crippen molar-refractivity contribution in [2.75, 3.05) is 20.0 Å². The minimum atomic E-state index is -0.152. The van der Waals surface area contributed by atoms with Crippen LogP contribution in [0.2, 0.25) is 0 Å². The highest BCUT2D eigenvalue weighted by Crippen LogP contribution is 2.23. The van der Waals surface area contributed by atoms with Crippen LogP contribution in [0.1, 0.15) is 11.1 Å². The van der Waals surface area contributed by atoms with E-state index in [2.05, 4.69) is 26.5 Å². The molecule has 0 aliphatic rings. The summed E-state index contributed by atoms with van der Waals surface area (Å²) in [6.45, 7) is 0. The lowest BCUT2D eigenvalue weighted by Gasteiger charge is -2.07. The molecule has 1 N–H and O–H groups in total. The molecule has 5 nitrogen and oxygen atoms in total. The largest absolute Gasteiger partial charge is 0.497 e. The molecule has 0 radical (unpaired) electrons. The average Bonchev–Trinajstić information content (AvgIpc) is 2.63. The molecule has 0 atom stereocenters. The second-order valence-electron chi connectivity index (χ2n) is 4.99. The maximum atomic E-state index is 11.9. The van der Waals surface area contributed by atoms with Gasteiger partial charge in [0.15, 0.2) is 0 Å². The number of thioether (sulfide) groups is 1. The molecule has 25 heavy (non-hydrogen) atoms. The number of rotatable bonds is 8. The van der Waals surface area contributed by atoms with Gasteiger partial charge < -0.3 is 9.47 Å². The third-order valence-electron chi connectivity index (χ3n) is 3.28. The highest BCUT2D eigenvalue weighted by atomic mass is 79.9. The van der Waals surface area contributed by atoms with E-state index in [9.17, 15) is 4.79 Å². The van der Waals surface area contributed by atoms with E-state index >= 15 is 0 Å². The first-order valence-electron chi connectivity index (χ1n) is 7.49. The Kier molecular flexibility index (Phi) is 7.81. The quantitative estimate of drug-likeness (QED) is 0.518. The summed E-state index contributed by atoms with van der Waals surface area (Å²) in [4.78, 5) is 11.9. The molecular formula is C18H19BrN2O3S. The zero-order valence-corrected chi connectivity index (χ0v) is 16.4. The van der Waals surface area contributed by atoms with E-state index in [0.29, 0.717) is 17.3 Å². The summed E-state index contributed by atoms with van der Waals surface area (Å²) in [6, 6.07) is 13.3. The number of hydrogen-bond donors (Lipinski definition) is 1. The maximum Gasteiger partial charge on any atom is 0.250 e. The van der Waals surface area contributed by atoms with Gasteiger partial charge in [0.2, 0.25) is 5.91 Å². The number of ether oxygens (including phenoxy) is 2. The molecule has 0 fully saturated rings. The van der Waals surface area contributed by atoms with E-state index in [1.54, 1.807) is 32.6 Å². The summed E-state index contributed by atoms with van der Waals surface area (Å²) < 4.78 is 11.5. The Bertz CT molecular complexity index is 753. The van der Waals surface area contributed by atoms with Crippen LogP contribution in [0.5, 0.6) is 11.5 Å². The third kappa shape index (κ3) is 6.10. The molecule has 0 spiro atoms. The highest BCUT2D eigenvalue weighted by molar-refractivity contribution is 9.10. The van der Waals surface area contributed by atoms with Gasteiger partial charge in [0.25, 0.3) is 0 Å². The number of nitrogens with zero attached hydrogens (tertiary/aromatic N) is 1. The Balaban J connectivity index is 1.81. The molecule has 0 aromatic heterocycles. The Morgan fingerprint density at radius 2 is 2.04 bits per heavy atom. The molecule has 0 unspecified atom stereocenters. The number of benzene rings is 2. The summed E-state index contributed by atoms with van der Waals surface area (Å²) in [5.74, 6) is 2.26. The number of nitrogens with one attached hydrogen (secondary N) is 1. The first-order chi connectivity index (χ1) is 12.1. The molecule has 0 heterocycles. The van der Waals surface area contributed by atoms with Crippen molar-refractivity contribution in [3.05, 3.63) is 58.1 Å². The second kappa shape index (κ2) is 10.1. The van der Waals surface area contributed by atoms with Crippen molar-refractivity contribution in [3.8, 4) is 11.5 Å².